The van der Waals surface area contributed by atoms with Crippen LogP contribution >= 0.6 is 11.3 Å². The van der Waals surface area contributed by atoms with Gasteiger partial charge in [-0.2, -0.15) is 0 Å². The molecule has 2 unspecified atom stereocenters. The second-order valence-corrected chi connectivity index (χ2v) is 6.34. The molecule has 1 N–H and O–H groups in total. The lowest BCUT2D eigenvalue weighted by molar-refractivity contribution is 0.0320. The van der Waals surface area contributed by atoms with Crippen molar-refractivity contribution >= 4 is 21.4 Å². The Balaban J connectivity index is 2.16. The van der Waals surface area contributed by atoms with E-state index in [-0.39, 0.29) is 0 Å². The minimum absolute atomic E-state index is 0.292. The van der Waals surface area contributed by atoms with Gasteiger partial charge in [0.25, 0.3) is 0 Å². The molecule has 3 heteroatoms. The number of hydrogen-bond donors (Lipinski definition) is 1. The van der Waals surface area contributed by atoms with Gasteiger partial charge in [-0.1, -0.05) is 32.0 Å². The number of ether oxygens (including phenoxy) is 1. The van der Waals surface area contributed by atoms with E-state index in [0.29, 0.717) is 12.1 Å². The number of thiophene rings is 1. The number of benzene rings is 1. The van der Waals surface area contributed by atoms with Gasteiger partial charge in [-0.25, -0.2) is 0 Å². The molecule has 116 valence electrons. The minimum atomic E-state index is 0.292. The Morgan fingerprint density at radius 2 is 2.00 bits per heavy atom. The molecule has 1 aromatic carbocycles. The Morgan fingerprint density at radius 3 is 2.71 bits per heavy atom. The van der Waals surface area contributed by atoms with Crippen LogP contribution in [0.5, 0.6) is 0 Å². The normalized spacial score (nSPS) is 14.4. The summed E-state index contributed by atoms with van der Waals surface area (Å²) >= 11 is 1.84. The van der Waals surface area contributed by atoms with Crippen LogP contribution in [0, 0.1) is 0 Å². The highest BCUT2D eigenvalue weighted by atomic mass is 32.1. The summed E-state index contributed by atoms with van der Waals surface area (Å²) in [5.41, 5.74) is 1.45. The molecule has 0 aliphatic carbocycles. The summed E-state index contributed by atoms with van der Waals surface area (Å²) in [6.07, 6.45) is 3.55. The van der Waals surface area contributed by atoms with Crippen molar-refractivity contribution in [2.45, 2.75) is 52.2 Å². The van der Waals surface area contributed by atoms with E-state index in [0.717, 1.165) is 32.4 Å². The fraction of sp³-hybridized carbons (Fsp3) is 0.556. The summed E-state index contributed by atoms with van der Waals surface area (Å²) in [6, 6.07) is 9.09. The Labute approximate surface area is 132 Å². The third-order valence-electron chi connectivity index (χ3n) is 3.89. The molecule has 0 amide bonds. The van der Waals surface area contributed by atoms with E-state index in [4.69, 9.17) is 4.74 Å². The molecule has 2 aromatic rings. The highest BCUT2D eigenvalue weighted by Gasteiger charge is 2.21. The Morgan fingerprint density at radius 1 is 1.19 bits per heavy atom. The molecule has 0 spiro atoms. The third-order valence-corrected chi connectivity index (χ3v) is 4.90. The van der Waals surface area contributed by atoms with Crippen LogP contribution in [0.25, 0.3) is 10.1 Å². The first kappa shape index (κ1) is 16.5. The lowest BCUT2D eigenvalue weighted by Gasteiger charge is -2.27. The van der Waals surface area contributed by atoms with E-state index < -0.39 is 0 Å². The Bertz CT molecular complexity index is 537. The van der Waals surface area contributed by atoms with Gasteiger partial charge in [-0.3, -0.25) is 0 Å². The molecule has 0 aliphatic rings. The maximum absolute atomic E-state index is 5.95. The van der Waals surface area contributed by atoms with Gasteiger partial charge in [0, 0.05) is 17.3 Å². The molecule has 0 saturated carbocycles. The number of fused-ring (bicyclic) bond motifs is 1. The van der Waals surface area contributed by atoms with E-state index >= 15 is 0 Å². The van der Waals surface area contributed by atoms with Gasteiger partial charge in [0.15, 0.2) is 0 Å². The van der Waals surface area contributed by atoms with E-state index in [1.54, 1.807) is 0 Å². The van der Waals surface area contributed by atoms with Gasteiger partial charge in [-0.15, -0.1) is 11.3 Å². The lowest BCUT2D eigenvalue weighted by atomic mass is 9.99. The number of hydrogen-bond acceptors (Lipinski definition) is 3. The van der Waals surface area contributed by atoms with Crippen molar-refractivity contribution in [2.75, 3.05) is 13.2 Å². The van der Waals surface area contributed by atoms with Gasteiger partial charge in [0.2, 0.25) is 0 Å². The first-order valence-electron chi connectivity index (χ1n) is 8.10. The van der Waals surface area contributed by atoms with Gasteiger partial charge in [0.1, 0.15) is 0 Å². The number of rotatable bonds is 9. The topological polar surface area (TPSA) is 21.3 Å². The average Bonchev–Trinajstić information content (AvgIpc) is 2.92. The van der Waals surface area contributed by atoms with Crippen molar-refractivity contribution in [2.24, 2.45) is 0 Å². The Kier molecular flexibility index (Phi) is 6.68. The van der Waals surface area contributed by atoms with E-state index in [9.17, 15) is 0 Å². The summed E-state index contributed by atoms with van der Waals surface area (Å²) in [6.45, 7) is 8.35. The van der Waals surface area contributed by atoms with Gasteiger partial charge < -0.3 is 10.1 Å². The van der Waals surface area contributed by atoms with Crippen LogP contribution in [-0.4, -0.2) is 25.3 Å². The van der Waals surface area contributed by atoms with E-state index in [1.165, 1.54) is 15.6 Å². The van der Waals surface area contributed by atoms with Gasteiger partial charge in [-0.05, 0) is 55.1 Å². The zero-order valence-corrected chi connectivity index (χ0v) is 14.2. The monoisotopic (exact) mass is 305 g/mol. The molecule has 0 aliphatic heterocycles. The van der Waals surface area contributed by atoms with Crippen molar-refractivity contribution in [3.05, 3.63) is 35.2 Å². The van der Waals surface area contributed by atoms with Crippen molar-refractivity contribution in [1.82, 2.24) is 5.32 Å². The van der Waals surface area contributed by atoms with Gasteiger partial charge in [0.05, 0.1) is 6.10 Å². The second-order valence-electron chi connectivity index (χ2n) is 5.42. The average molecular weight is 305 g/mol. The molecule has 0 saturated heterocycles. The zero-order valence-electron chi connectivity index (χ0n) is 13.4. The molecule has 1 heterocycles. The van der Waals surface area contributed by atoms with Crippen molar-refractivity contribution in [1.29, 1.82) is 0 Å². The van der Waals surface area contributed by atoms with Gasteiger partial charge >= 0.3 is 0 Å². The smallest absolute Gasteiger partial charge is 0.0728 e. The molecule has 0 bridgehead atoms. The highest BCUT2D eigenvalue weighted by molar-refractivity contribution is 7.17. The molecule has 2 rings (SSSR count). The molecule has 0 radical (unpaired) electrons. The third kappa shape index (κ3) is 4.29. The van der Waals surface area contributed by atoms with Crippen LogP contribution in [0.1, 0.15) is 39.2 Å². The first-order chi connectivity index (χ1) is 10.3. The summed E-state index contributed by atoms with van der Waals surface area (Å²) < 4.78 is 7.33. The van der Waals surface area contributed by atoms with Crippen LogP contribution in [0.4, 0.5) is 0 Å². The minimum Gasteiger partial charge on any atom is -0.377 e. The van der Waals surface area contributed by atoms with Crippen LogP contribution < -0.4 is 5.32 Å². The SMILES string of the molecule is CCCNC(Cc1csc2ccccc12)C(CC)OCC. The first-order valence-corrected chi connectivity index (χ1v) is 8.98. The Hall–Kier alpha value is -0.900. The van der Waals surface area contributed by atoms with E-state index in [2.05, 4.69) is 55.7 Å². The van der Waals surface area contributed by atoms with E-state index in [1.807, 2.05) is 11.3 Å². The van der Waals surface area contributed by atoms with Crippen LogP contribution in [0.15, 0.2) is 29.6 Å². The fourth-order valence-electron chi connectivity index (χ4n) is 2.83. The maximum atomic E-state index is 5.95. The summed E-state index contributed by atoms with van der Waals surface area (Å²) in [5.74, 6) is 0. The zero-order chi connectivity index (χ0) is 15.1. The van der Waals surface area contributed by atoms with Crippen LogP contribution in [0.2, 0.25) is 0 Å². The fourth-order valence-corrected chi connectivity index (χ4v) is 3.80. The quantitative estimate of drug-likeness (QED) is 0.729. The molecule has 21 heavy (non-hydrogen) atoms. The maximum Gasteiger partial charge on any atom is 0.0728 e. The summed E-state index contributed by atoms with van der Waals surface area (Å²) in [7, 11) is 0. The largest absolute Gasteiger partial charge is 0.377 e. The summed E-state index contributed by atoms with van der Waals surface area (Å²) in [5, 5.41) is 7.40. The molecule has 2 atom stereocenters. The van der Waals surface area contributed by atoms with Crippen LogP contribution in [0.3, 0.4) is 0 Å². The predicted molar refractivity (Wildman–Crippen MR) is 93.3 cm³/mol. The second kappa shape index (κ2) is 8.52. The molecule has 2 nitrogen and oxygen atoms in total. The highest BCUT2D eigenvalue weighted by Crippen LogP contribution is 2.27. The van der Waals surface area contributed by atoms with Crippen molar-refractivity contribution < 1.29 is 4.74 Å². The molecular weight excluding hydrogens is 278 g/mol. The van der Waals surface area contributed by atoms with Crippen molar-refractivity contribution in [3.63, 3.8) is 0 Å². The molecular formula is C18H27NOS. The summed E-state index contributed by atoms with van der Waals surface area (Å²) in [4.78, 5) is 0. The standard InChI is InChI=1S/C18H27NOS/c1-4-11-19-16(17(5-2)20-6-3)12-14-13-21-18-10-8-7-9-15(14)18/h7-10,13,16-17,19H,4-6,11-12H2,1-3H3. The predicted octanol–water partition coefficient (Wildman–Crippen LogP) is 4.63. The molecule has 1 aromatic heterocycles. The van der Waals surface area contributed by atoms with Crippen molar-refractivity contribution in [3.8, 4) is 0 Å². The molecule has 0 fully saturated rings. The number of nitrogens with one attached hydrogen (secondary N) is 1. The van der Waals surface area contributed by atoms with Crippen LogP contribution in [-0.2, 0) is 11.2 Å². The lowest BCUT2D eigenvalue weighted by Crippen LogP contribution is -2.43.